The molecule has 0 unspecified atom stereocenters. The Hall–Kier alpha value is -2.28. The number of nitrogens with one attached hydrogen (secondary N) is 1. The molecular weight excluding hydrogens is 367 g/mol. The Morgan fingerprint density at radius 2 is 1.89 bits per heavy atom. The number of anilines is 1. The third-order valence-corrected chi connectivity index (χ3v) is 4.66. The number of piperazine rings is 1. The van der Waals surface area contributed by atoms with Crippen molar-refractivity contribution in [3.05, 3.63) is 54.1 Å². The molecule has 1 aliphatic rings. The first kappa shape index (κ1) is 22.0. The molecular formula is C21H28F3N3O. The molecule has 1 fully saturated rings. The van der Waals surface area contributed by atoms with E-state index in [2.05, 4.69) is 10.2 Å². The van der Waals surface area contributed by atoms with Crippen molar-refractivity contribution < 1.29 is 18.0 Å². The third-order valence-electron chi connectivity index (χ3n) is 4.66. The van der Waals surface area contributed by atoms with E-state index in [1.165, 1.54) is 18.2 Å². The average Bonchev–Trinajstić information content (AvgIpc) is 2.68. The molecule has 0 aromatic heterocycles. The van der Waals surface area contributed by atoms with E-state index in [-0.39, 0.29) is 5.91 Å². The molecule has 1 aromatic carbocycles. The van der Waals surface area contributed by atoms with E-state index in [1.54, 1.807) is 18.2 Å². The highest BCUT2D eigenvalue weighted by atomic mass is 19.4. The third kappa shape index (κ3) is 7.38. The summed E-state index contributed by atoms with van der Waals surface area (Å²) in [6.07, 6.45) is 4.44. The highest BCUT2D eigenvalue weighted by Gasteiger charge is 2.31. The number of amides is 1. The van der Waals surface area contributed by atoms with Gasteiger partial charge >= 0.3 is 6.18 Å². The van der Waals surface area contributed by atoms with Crippen LogP contribution in [-0.4, -0.2) is 50.1 Å². The zero-order valence-corrected chi connectivity index (χ0v) is 16.2. The molecule has 1 N–H and O–H groups in total. The number of halogens is 3. The van der Waals surface area contributed by atoms with E-state index in [4.69, 9.17) is 0 Å². The van der Waals surface area contributed by atoms with E-state index in [1.807, 2.05) is 17.9 Å². The van der Waals surface area contributed by atoms with Crippen LogP contribution in [-0.2, 0) is 11.0 Å². The van der Waals surface area contributed by atoms with Crippen LogP contribution in [0.3, 0.4) is 0 Å². The fourth-order valence-corrected chi connectivity index (χ4v) is 3.09. The van der Waals surface area contributed by atoms with Gasteiger partial charge in [0.2, 0.25) is 5.91 Å². The minimum Gasteiger partial charge on any atom is -0.369 e. The number of benzene rings is 1. The Labute approximate surface area is 164 Å². The van der Waals surface area contributed by atoms with Crippen LogP contribution in [0, 0.1) is 0 Å². The first-order chi connectivity index (χ1) is 13.4. The summed E-state index contributed by atoms with van der Waals surface area (Å²) in [5, 5.41) is 2.85. The second kappa shape index (κ2) is 10.9. The van der Waals surface area contributed by atoms with Gasteiger partial charge in [-0.05, 0) is 44.5 Å². The van der Waals surface area contributed by atoms with Gasteiger partial charge in [0, 0.05) is 44.5 Å². The molecule has 28 heavy (non-hydrogen) atoms. The maximum Gasteiger partial charge on any atom is 0.416 e. The molecule has 4 nitrogen and oxygen atoms in total. The van der Waals surface area contributed by atoms with Crippen molar-refractivity contribution in [1.29, 1.82) is 0 Å². The van der Waals surface area contributed by atoms with E-state index in [0.29, 0.717) is 25.3 Å². The van der Waals surface area contributed by atoms with Gasteiger partial charge in [0.05, 0.1) is 5.56 Å². The fourth-order valence-electron chi connectivity index (χ4n) is 3.09. The zero-order chi connectivity index (χ0) is 20.4. The van der Waals surface area contributed by atoms with Crippen LogP contribution in [0.15, 0.2) is 48.6 Å². The second-order valence-electron chi connectivity index (χ2n) is 6.76. The number of alkyl halides is 3. The van der Waals surface area contributed by atoms with Gasteiger partial charge in [0.1, 0.15) is 0 Å². The lowest BCUT2D eigenvalue weighted by Crippen LogP contribution is -2.46. The summed E-state index contributed by atoms with van der Waals surface area (Å²) >= 11 is 0. The SMILES string of the molecule is C/C=C/C=C/C(=O)NCCCCN1CCN(c2cccc(C(F)(F)F)c2)CC1. The minimum absolute atomic E-state index is 0.0900. The molecule has 154 valence electrons. The number of allylic oxidation sites excluding steroid dienone is 3. The Balaban J connectivity index is 1.66. The number of nitrogens with zero attached hydrogens (tertiary/aromatic N) is 2. The van der Waals surface area contributed by atoms with E-state index < -0.39 is 11.7 Å². The minimum atomic E-state index is -4.31. The number of unbranched alkanes of at least 4 members (excludes halogenated alkanes) is 1. The van der Waals surface area contributed by atoms with Crippen molar-refractivity contribution in [3.8, 4) is 0 Å². The smallest absolute Gasteiger partial charge is 0.369 e. The summed E-state index contributed by atoms with van der Waals surface area (Å²) in [4.78, 5) is 15.8. The highest BCUT2D eigenvalue weighted by molar-refractivity contribution is 5.87. The molecule has 1 aromatic rings. The van der Waals surface area contributed by atoms with Crippen molar-refractivity contribution in [1.82, 2.24) is 10.2 Å². The number of hydrogen-bond donors (Lipinski definition) is 1. The Bertz CT molecular complexity index is 678. The summed E-state index contributed by atoms with van der Waals surface area (Å²) in [6, 6.07) is 5.53. The number of hydrogen-bond acceptors (Lipinski definition) is 3. The average molecular weight is 395 g/mol. The normalized spacial score (nSPS) is 16.2. The van der Waals surface area contributed by atoms with E-state index in [0.717, 1.165) is 38.5 Å². The number of carbonyl (C=O) groups is 1. The Kier molecular flexibility index (Phi) is 8.57. The van der Waals surface area contributed by atoms with Crippen molar-refractivity contribution in [2.75, 3.05) is 44.2 Å². The van der Waals surface area contributed by atoms with Gasteiger partial charge < -0.3 is 10.2 Å². The monoisotopic (exact) mass is 395 g/mol. The van der Waals surface area contributed by atoms with Gasteiger partial charge in [-0.25, -0.2) is 0 Å². The Morgan fingerprint density at radius 3 is 2.57 bits per heavy atom. The van der Waals surface area contributed by atoms with Gasteiger partial charge in [-0.2, -0.15) is 13.2 Å². The summed E-state index contributed by atoms with van der Waals surface area (Å²) in [6.45, 7) is 6.55. The lowest BCUT2D eigenvalue weighted by atomic mass is 10.1. The second-order valence-corrected chi connectivity index (χ2v) is 6.76. The molecule has 2 rings (SSSR count). The van der Waals surface area contributed by atoms with Crippen LogP contribution in [0.25, 0.3) is 0 Å². The highest BCUT2D eigenvalue weighted by Crippen LogP contribution is 2.31. The molecule has 0 atom stereocenters. The van der Waals surface area contributed by atoms with Crippen molar-refractivity contribution in [2.24, 2.45) is 0 Å². The first-order valence-electron chi connectivity index (χ1n) is 9.62. The largest absolute Gasteiger partial charge is 0.416 e. The molecule has 0 bridgehead atoms. The van der Waals surface area contributed by atoms with Gasteiger partial charge in [0.15, 0.2) is 0 Å². The molecule has 1 aliphatic heterocycles. The maximum absolute atomic E-state index is 12.9. The van der Waals surface area contributed by atoms with E-state index >= 15 is 0 Å². The van der Waals surface area contributed by atoms with Crippen LogP contribution in [0.1, 0.15) is 25.3 Å². The number of carbonyl (C=O) groups excluding carboxylic acids is 1. The summed E-state index contributed by atoms with van der Waals surface area (Å²) in [7, 11) is 0. The molecule has 1 saturated heterocycles. The molecule has 7 heteroatoms. The van der Waals surface area contributed by atoms with Crippen LogP contribution < -0.4 is 10.2 Å². The molecule has 0 spiro atoms. The number of rotatable bonds is 8. The lowest BCUT2D eigenvalue weighted by molar-refractivity contribution is -0.137. The predicted molar refractivity (Wildman–Crippen MR) is 106 cm³/mol. The molecule has 1 amide bonds. The van der Waals surface area contributed by atoms with Crippen molar-refractivity contribution in [2.45, 2.75) is 25.9 Å². The predicted octanol–water partition coefficient (Wildman–Crippen LogP) is 3.86. The van der Waals surface area contributed by atoms with E-state index in [9.17, 15) is 18.0 Å². The summed E-state index contributed by atoms with van der Waals surface area (Å²) < 4.78 is 38.6. The molecule has 0 saturated carbocycles. The molecule has 0 aliphatic carbocycles. The fraction of sp³-hybridized carbons (Fsp3) is 0.476. The van der Waals surface area contributed by atoms with Crippen LogP contribution in [0.5, 0.6) is 0 Å². The van der Waals surface area contributed by atoms with Gasteiger partial charge in [0.25, 0.3) is 0 Å². The molecule has 0 radical (unpaired) electrons. The zero-order valence-electron chi connectivity index (χ0n) is 16.2. The van der Waals surface area contributed by atoms with Crippen LogP contribution in [0.4, 0.5) is 18.9 Å². The van der Waals surface area contributed by atoms with Gasteiger partial charge in [-0.3, -0.25) is 9.69 Å². The van der Waals surface area contributed by atoms with Gasteiger partial charge in [-0.15, -0.1) is 0 Å². The molecule has 1 heterocycles. The quantitative estimate of drug-likeness (QED) is 0.413. The maximum atomic E-state index is 12.9. The first-order valence-corrected chi connectivity index (χ1v) is 9.62. The van der Waals surface area contributed by atoms with Crippen molar-refractivity contribution >= 4 is 11.6 Å². The summed E-state index contributed by atoms with van der Waals surface area (Å²) in [5.41, 5.74) is 0.0261. The van der Waals surface area contributed by atoms with Gasteiger partial charge in [-0.1, -0.05) is 24.3 Å². The topological polar surface area (TPSA) is 35.6 Å². The van der Waals surface area contributed by atoms with Crippen molar-refractivity contribution in [3.63, 3.8) is 0 Å². The lowest BCUT2D eigenvalue weighted by Gasteiger charge is -2.36. The Morgan fingerprint density at radius 1 is 1.14 bits per heavy atom. The standard InChI is InChI=1S/C21H28F3N3O/c1-2-3-4-10-20(28)25-11-5-6-12-26-13-15-27(16-14-26)19-9-7-8-18(17-19)21(22,23)24/h2-4,7-10,17H,5-6,11-16H2,1H3,(H,25,28)/b3-2+,10-4+. The van der Waals surface area contributed by atoms with Crippen LogP contribution >= 0.6 is 0 Å². The summed E-state index contributed by atoms with van der Waals surface area (Å²) in [5.74, 6) is -0.0900. The van der Waals surface area contributed by atoms with Crippen LogP contribution in [0.2, 0.25) is 0 Å².